The lowest BCUT2D eigenvalue weighted by Crippen LogP contribution is -2.48. The summed E-state index contributed by atoms with van der Waals surface area (Å²) < 4.78 is 0. The average Bonchev–Trinajstić information content (AvgIpc) is 2.73. The van der Waals surface area contributed by atoms with Gasteiger partial charge in [-0.3, -0.25) is 9.78 Å². The minimum atomic E-state index is 0.0589. The molecule has 1 aromatic carbocycles. The first-order valence-electron chi connectivity index (χ1n) is 9.00. The molecule has 1 aliphatic heterocycles. The highest BCUT2D eigenvalue weighted by Crippen LogP contribution is 2.22. The van der Waals surface area contributed by atoms with Crippen molar-refractivity contribution < 1.29 is 4.79 Å². The Bertz CT molecular complexity index is 912. The van der Waals surface area contributed by atoms with Gasteiger partial charge in [-0.05, 0) is 49.2 Å². The number of aromatic nitrogens is 2. The van der Waals surface area contributed by atoms with Crippen molar-refractivity contribution in [2.75, 3.05) is 25.0 Å². The third-order valence-electron chi connectivity index (χ3n) is 5.09. The Labute approximate surface area is 153 Å². The molecule has 1 aliphatic rings. The first-order chi connectivity index (χ1) is 12.7. The van der Waals surface area contributed by atoms with Crippen LogP contribution in [0.3, 0.4) is 0 Å². The van der Waals surface area contributed by atoms with Crippen molar-refractivity contribution in [3.63, 3.8) is 0 Å². The summed E-state index contributed by atoms with van der Waals surface area (Å²) in [5, 5.41) is 0.991. The van der Waals surface area contributed by atoms with E-state index in [0.717, 1.165) is 42.7 Å². The highest BCUT2D eigenvalue weighted by Gasteiger charge is 2.27. The van der Waals surface area contributed by atoms with Crippen LogP contribution < -0.4 is 4.90 Å². The maximum Gasteiger partial charge on any atom is 0.253 e. The molecule has 5 heteroatoms. The van der Waals surface area contributed by atoms with Crippen molar-refractivity contribution >= 4 is 22.6 Å². The van der Waals surface area contributed by atoms with Gasteiger partial charge >= 0.3 is 0 Å². The van der Waals surface area contributed by atoms with Crippen LogP contribution in [0.1, 0.15) is 23.2 Å². The molecule has 1 atom stereocenters. The Morgan fingerprint density at radius 2 is 2.00 bits per heavy atom. The number of piperidine rings is 1. The van der Waals surface area contributed by atoms with Gasteiger partial charge in [-0.2, -0.15) is 0 Å². The summed E-state index contributed by atoms with van der Waals surface area (Å²) in [6, 6.07) is 15.7. The normalized spacial score (nSPS) is 17.3. The zero-order valence-electron chi connectivity index (χ0n) is 14.9. The lowest BCUT2D eigenvalue weighted by molar-refractivity contribution is 0.0717. The second-order valence-electron chi connectivity index (χ2n) is 6.76. The zero-order chi connectivity index (χ0) is 17.9. The molecule has 0 N–H and O–H groups in total. The summed E-state index contributed by atoms with van der Waals surface area (Å²) in [5.41, 5.74) is 1.62. The van der Waals surface area contributed by atoms with Crippen molar-refractivity contribution in [1.82, 2.24) is 14.9 Å². The van der Waals surface area contributed by atoms with E-state index in [1.54, 1.807) is 6.20 Å². The van der Waals surface area contributed by atoms with E-state index in [9.17, 15) is 4.79 Å². The minimum absolute atomic E-state index is 0.0589. The lowest BCUT2D eigenvalue weighted by atomic mass is 10.0. The van der Waals surface area contributed by atoms with Gasteiger partial charge in [0.2, 0.25) is 0 Å². The van der Waals surface area contributed by atoms with E-state index in [0.29, 0.717) is 5.56 Å². The molecule has 1 unspecified atom stereocenters. The largest absolute Gasteiger partial charge is 0.355 e. The maximum atomic E-state index is 13.0. The van der Waals surface area contributed by atoms with E-state index in [-0.39, 0.29) is 11.9 Å². The van der Waals surface area contributed by atoms with Gasteiger partial charge in [-0.15, -0.1) is 0 Å². The van der Waals surface area contributed by atoms with Crippen LogP contribution in [0.5, 0.6) is 0 Å². The van der Waals surface area contributed by atoms with Crippen molar-refractivity contribution in [2.45, 2.75) is 18.9 Å². The number of amides is 1. The van der Waals surface area contributed by atoms with Gasteiger partial charge in [0, 0.05) is 49.5 Å². The number of nitrogens with zero attached hydrogens (tertiary/aromatic N) is 4. The van der Waals surface area contributed by atoms with Crippen LogP contribution >= 0.6 is 0 Å². The van der Waals surface area contributed by atoms with E-state index >= 15 is 0 Å². The summed E-state index contributed by atoms with van der Waals surface area (Å²) in [6.07, 6.45) is 5.66. The molecule has 0 spiro atoms. The van der Waals surface area contributed by atoms with Gasteiger partial charge in [-0.1, -0.05) is 12.1 Å². The predicted octanol–water partition coefficient (Wildman–Crippen LogP) is 3.37. The summed E-state index contributed by atoms with van der Waals surface area (Å²) >= 11 is 0. The molecule has 3 aromatic rings. The second kappa shape index (κ2) is 7.12. The van der Waals surface area contributed by atoms with Gasteiger partial charge in [0.15, 0.2) is 0 Å². The monoisotopic (exact) mass is 346 g/mol. The fourth-order valence-electron chi connectivity index (χ4n) is 3.60. The maximum absolute atomic E-state index is 13.0. The fourth-order valence-corrected chi connectivity index (χ4v) is 3.60. The number of pyridine rings is 2. The Balaban J connectivity index is 1.52. The van der Waals surface area contributed by atoms with E-state index in [2.05, 4.69) is 14.9 Å². The molecule has 1 saturated heterocycles. The van der Waals surface area contributed by atoms with Crippen molar-refractivity contribution in [1.29, 1.82) is 0 Å². The molecule has 5 nitrogen and oxygen atoms in total. The highest BCUT2D eigenvalue weighted by atomic mass is 16.2. The molecule has 0 bridgehead atoms. The van der Waals surface area contributed by atoms with Gasteiger partial charge in [0.1, 0.15) is 5.82 Å². The van der Waals surface area contributed by atoms with E-state index in [4.69, 9.17) is 0 Å². The second-order valence-corrected chi connectivity index (χ2v) is 6.76. The minimum Gasteiger partial charge on any atom is -0.355 e. The SMILES string of the molecule is CN(C(=O)c1ccc2ncccc2c1)C1CCCN(c2ccccn2)C1. The van der Waals surface area contributed by atoms with Crippen molar-refractivity contribution in [3.05, 3.63) is 66.5 Å². The molecule has 1 amide bonds. The van der Waals surface area contributed by atoms with Crippen LogP contribution in [0.4, 0.5) is 5.82 Å². The van der Waals surface area contributed by atoms with Crippen molar-refractivity contribution in [2.24, 2.45) is 0 Å². The van der Waals surface area contributed by atoms with Crippen LogP contribution in [-0.4, -0.2) is 47.0 Å². The van der Waals surface area contributed by atoms with Crippen molar-refractivity contribution in [3.8, 4) is 0 Å². The Morgan fingerprint density at radius 3 is 2.85 bits per heavy atom. The summed E-state index contributed by atoms with van der Waals surface area (Å²) in [5.74, 6) is 1.04. The Morgan fingerprint density at radius 1 is 1.12 bits per heavy atom. The van der Waals surface area contributed by atoms with E-state index in [1.807, 2.05) is 66.7 Å². The number of rotatable bonds is 3. The third kappa shape index (κ3) is 3.25. The highest BCUT2D eigenvalue weighted by molar-refractivity contribution is 5.98. The molecule has 0 aliphatic carbocycles. The van der Waals surface area contributed by atoms with Gasteiger partial charge < -0.3 is 9.80 Å². The van der Waals surface area contributed by atoms with E-state index < -0.39 is 0 Å². The molecule has 26 heavy (non-hydrogen) atoms. The van der Waals surface area contributed by atoms with Gasteiger partial charge in [0.05, 0.1) is 5.52 Å². The molecule has 0 saturated carbocycles. The first kappa shape index (κ1) is 16.5. The number of likely N-dealkylation sites (N-methyl/N-ethyl adjacent to an activating group) is 1. The zero-order valence-corrected chi connectivity index (χ0v) is 14.9. The number of benzene rings is 1. The molecular weight excluding hydrogens is 324 g/mol. The molecule has 4 rings (SSSR count). The molecular formula is C21H22N4O. The van der Waals surface area contributed by atoms with Gasteiger partial charge in [-0.25, -0.2) is 4.98 Å². The molecule has 2 aromatic heterocycles. The van der Waals surface area contributed by atoms with Crippen LogP contribution in [0.15, 0.2) is 60.9 Å². The third-order valence-corrected chi connectivity index (χ3v) is 5.09. The van der Waals surface area contributed by atoms with Crippen LogP contribution in [0, 0.1) is 0 Å². The molecule has 1 fully saturated rings. The van der Waals surface area contributed by atoms with E-state index in [1.165, 1.54) is 0 Å². The molecule has 132 valence electrons. The number of hydrogen-bond donors (Lipinski definition) is 0. The molecule has 0 radical (unpaired) electrons. The number of anilines is 1. The van der Waals surface area contributed by atoms with Crippen LogP contribution in [-0.2, 0) is 0 Å². The topological polar surface area (TPSA) is 49.3 Å². The number of fused-ring (bicyclic) bond motifs is 1. The first-order valence-corrected chi connectivity index (χ1v) is 9.00. The fraction of sp³-hybridized carbons (Fsp3) is 0.286. The number of carbonyl (C=O) groups is 1. The smallest absolute Gasteiger partial charge is 0.253 e. The summed E-state index contributed by atoms with van der Waals surface area (Å²) in [4.78, 5) is 25.9. The van der Waals surface area contributed by atoms with Gasteiger partial charge in [0.25, 0.3) is 5.91 Å². The van der Waals surface area contributed by atoms with Crippen LogP contribution in [0.2, 0.25) is 0 Å². The quantitative estimate of drug-likeness (QED) is 0.730. The Hall–Kier alpha value is -2.95. The number of hydrogen-bond acceptors (Lipinski definition) is 4. The standard InChI is InChI=1S/C21H22N4O/c1-24(18-7-5-13-25(15-18)20-8-2-3-11-23-20)21(26)17-9-10-19-16(14-17)6-4-12-22-19/h2-4,6,8-12,14,18H,5,7,13,15H2,1H3. The average molecular weight is 346 g/mol. The summed E-state index contributed by atoms with van der Waals surface area (Å²) in [7, 11) is 1.91. The predicted molar refractivity (Wildman–Crippen MR) is 103 cm³/mol. The lowest BCUT2D eigenvalue weighted by Gasteiger charge is -2.38. The van der Waals surface area contributed by atoms with Crippen LogP contribution in [0.25, 0.3) is 10.9 Å². The summed E-state index contributed by atoms with van der Waals surface area (Å²) in [6.45, 7) is 1.80. The number of carbonyl (C=O) groups excluding carboxylic acids is 1. The Kier molecular flexibility index (Phi) is 4.52. The molecule has 3 heterocycles.